The van der Waals surface area contributed by atoms with Crippen molar-refractivity contribution in [3.63, 3.8) is 0 Å². The summed E-state index contributed by atoms with van der Waals surface area (Å²) in [5.41, 5.74) is 4.52. The summed E-state index contributed by atoms with van der Waals surface area (Å²) < 4.78 is 38.8. The minimum Gasteiger partial charge on any atom is -0.390 e. The molecule has 1 aromatic rings. The number of hydrogen-bond donors (Lipinski definition) is 3. The van der Waals surface area contributed by atoms with E-state index in [1.165, 1.54) is 0 Å². The third-order valence-corrected chi connectivity index (χ3v) is 2.17. The summed E-state index contributed by atoms with van der Waals surface area (Å²) in [6.45, 7) is 0.0671. The Kier molecular flexibility index (Phi) is 4.28. The van der Waals surface area contributed by atoms with Crippen molar-refractivity contribution in [1.29, 1.82) is 0 Å². The van der Waals surface area contributed by atoms with Crippen molar-refractivity contribution in [2.45, 2.75) is 18.6 Å². The molecule has 0 bridgehead atoms. The predicted molar refractivity (Wildman–Crippen MR) is 51.0 cm³/mol. The molecule has 2 unspecified atom stereocenters. The molecular formula is C10H12F3NO2. The second kappa shape index (κ2) is 5.29. The SMILES string of the molecule is NCCC(O)C(O)c1cc(F)cc(F)c1F. The molecule has 16 heavy (non-hydrogen) atoms. The Morgan fingerprint density at radius 2 is 1.81 bits per heavy atom. The van der Waals surface area contributed by atoms with Crippen LogP contribution in [-0.2, 0) is 0 Å². The van der Waals surface area contributed by atoms with Crippen LogP contribution in [0.25, 0.3) is 0 Å². The second-order valence-corrected chi connectivity index (χ2v) is 3.38. The van der Waals surface area contributed by atoms with E-state index in [2.05, 4.69) is 0 Å². The van der Waals surface area contributed by atoms with E-state index in [9.17, 15) is 23.4 Å². The maximum Gasteiger partial charge on any atom is 0.164 e. The molecule has 0 heterocycles. The van der Waals surface area contributed by atoms with Crippen molar-refractivity contribution in [3.05, 3.63) is 35.1 Å². The molecule has 0 saturated heterocycles. The van der Waals surface area contributed by atoms with Crippen LogP contribution in [0.15, 0.2) is 12.1 Å². The van der Waals surface area contributed by atoms with Gasteiger partial charge in [0, 0.05) is 11.6 Å². The van der Waals surface area contributed by atoms with Crippen LogP contribution in [0.3, 0.4) is 0 Å². The first-order valence-electron chi connectivity index (χ1n) is 4.68. The van der Waals surface area contributed by atoms with Crippen LogP contribution in [0, 0.1) is 17.5 Å². The summed E-state index contributed by atoms with van der Waals surface area (Å²) in [7, 11) is 0. The van der Waals surface area contributed by atoms with Crippen LogP contribution in [0.4, 0.5) is 13.2 Å². The Balaban J connectivity index is 3.03. The maximum atomic E-state index is 13.2. The maximum absolute atomic E-state index is 13.2. The molecule has 0 fully saturated rings. The van der Waals surface area contributed by atoms with Crippen molar-refractivity contribution < 1.29 is 23.4 Å². The van der Waals surface area contributed by atoms with Gasteiger partial charge >= 0.3 is 0 Å². The Hall–Kier alpha value is -1.11. The van der Waals surface area contributed by atoms with Gasteiger partial charge in [0.05, 0.1) is 6.10 Å². The quantitative estimate of drug-likeness (QED) is 0.678. The molecule has 0 saturated carbocycles. The van der Waals surface area contributed by atoms with Gasteiger partial charge in [0.15, 0.2) is 11.6 Å². The highest BCUT2D eigenvalue weighted by Gasteiger charge is 2.23. The Morgan fingerprint density at radius 1 is 1.19 bits per heavy atom. The fourth-order valence-electron chi connectivity index (χ4n) is 1.33. The van der Waals surface area contributed by atoms with Crippen molar-refractivity contribution in [3.8, 4) is 0 Å². The fourth-order valence-corrected chi connectivity index (χ4v) is 1.33. The molecule has 2 atom stereocenters. The van der Waals surface area contributed by atoms with E-state index in [1.54, 1.807) is 0 Å². The van der Waals surface area contributed by atoms with Crippen LogP contribution in [-0.4, -0.2) is 22.9 Å². The van der Waals surface area contributed by atoms with Gasteiger partial charge in [0.25, 0.3) is 0 Å². The normalized spacial score (nSPS) is 14.9. The van der Waals surface area contributed by atoms with Crippen LogP contribution in [0.2, 0.25) is 0 Å². The number of nitrogens with two attached hydrogens (primary N) is 1. The minimum atomic E-state index is -1.70. The molecule has 90 valence electrons. The van der Waals surface area contributed by atoms with E-state index >= 15 is 0 Å². The first kappa shape index (κ1) is 13.0. The summed E-state index contributed by atoms with van der Waals surface area (Å²) in [6, 6.07) is 1.00. The molecule has 6 heteroatoms. The van der Waals surface area contributed by atoms with Crippen LogP contribution >= 0.6 is 0 Å². The number of rotatable bonds is 4. The Labute approximate surface area is 90.3 Å². The number of aliphatic hydroxyl groups is 2. The van der Waals surface area contributed by atoms with E-state index < -0.39 is 35.2 Å². The van der Waals surface area contributed by atoms with Gasteiger partial charge in [0.1, 0.15) is 11.9 Å². The molecule has 1 rings (SSSR count). The molecule has 0 aliphatic carbocycles. The highest BCUT2D eigenvalue weighted by atomic mass is 19.2. The number of aliphatic hydroxyl groups excluding tert-OH is 2. The van der Waals surface area contributed by atoms with E-state index in [-0.39, 0.29) is 13.0 Å². The summed E-state index contributed by atoms with van der Waals surface area (Å²) in [4.78, 5) is 0. The zero-order valence-corrected chi connectivity index (χ0v) is 8.33. The van der Waals surface area contributed by atoms with E-state index in [1.807, 2.05) is 0 Å². The molecule has 1 aromatic carbocycles. The minimum absolute atomic E-state index is 0.00125. The lowest BCUT2D eigenvalue weighted by Gasteiger charge is -2.18. The zero-order valence-electron chi connectivity index (χ0n) is 8.33. The summed E-state index contributed by atoms with van der Waals surface area (Å²) in [5.74, 6) is -3.80. The van der Waals surface area contributed by atoms with Crippen molar-refractivity contribution in [1.82, 2.24) is 0 Å². The van der Waals surface area contributed by atoms with Crippen molar-refractivity contribution in [2.24, 2.45) is 5.73 Å². The molecule has 0 spiro atoms. The molecule has 0 aromatic heterocycles. The zero-order chi connectivity index (χ0) is 12.3. The van der Waals surface area contributed by atoms with Crippen LogP contribution in [0.1, 0.15) is 18.1 Å². The van der Waals surface area contributed by atoms with E-state index in [0.29, 0.717) is 12.1 Å². The Bertz CT molecular complexity index is 373. The fraction of sp³-hybridized carbons (Fsp3) is 0.400. The van der Waals surface area contributed by atoms with Gasteiger partial charge in [-0.1, -0.05) is 0 Å². The topological polar surface area (TPSA) is 66.5 Å². The lowest BCUT2D eigenvalue weighted by molar-refractivity contribution is 0.0124. The second-order valence-electron chi connectivity index (χ2n) is 3.38. The smallest absolute Gasteiger partial charge is 0.164 e. The molecule has 3 nitrogen and oxygen atoms in total. The van der Waals surface area contributed by atoms with Gasteiger partial charge in [-0.15, -0.1) is 0 Å². The molecule has 0 aliphatic rings. The first-order valence-corrected chi connectivity index (χ1v) is 4.68. The highest BCUT2D eigenvalue weighted by Crippen LogP contribution is 2.24. The van der Waals surface area contributed by atoms with Crippen molar-refractivity contribution >= 4 is 0 Å². The van der Waals surface area contributed by atoms with Crippen molar-refractivity contribution in [2.75, 3.05) is 6.54 Å². The molecule has 0 aliphatic heterocycles. The summed E-state index contributed by atoms with van der Waals surface area (Å²) in [5, 5.41) is 18.8. The monoisotopic (exact) mass is 235 g/mol. The van der Waals surface area contributed by atoms with Gasteiger partial charge in [0.2, 0.25) is 0 Å². The van der Waals surface area contributed by atoms with Gasteiger partial charge < -0.3 is 15.9 Å². The van der Waals surface area contributed by atoms with Gasteiger partial charge in [-0.25, -0.2) is 13.2 Å². The Morgan fingerprint density at radius 3 is 2.38 bits per heavy atom. The first-order chi connectivity index (χ1) is 7.47. The predicted octanol–water partition coefficient (Wildman–Crippen LogP) is 0.847. The number of hydrogen-bond acceptors (Lipinski definition) is 3. The highest BCUT2D eigenvalue weighted by molar-refractivity contribution is 5.23. The summed E-state index contributed by atoms with van der Waals surface area (Å²) in [6.07, 6.45) is -3.06. The van der Waals surface area contributed by atoms with Crippen LogP contribution < -0.4 is 5.73 Å². The molecular weight excluding hydrogens is 223 g/mol. The number of benzene rings is 1. The van der Waals surface area contributed by atoms with E-state index in [4.69, 9.17) is 5.73 Å². The molecule has 4 N–H and O–H groups in total. The lowest BCUT2D eigenvalue weighted by atomic mass is 10.0. The van der Waals surface area contributed by atoms with Gasteiger partial charge in [-0.2, -0.15) is 0 Å². The third kappa shape index (κ3) is 2.72. The summed E-state index contributed by atoms with van der Waals surface area (Å²) >= 11 is 0. The molecule has 0 radical (unpaired) electrons. The van der Waals surface area contributed by atoms with Gasteiger partial charge in [-0.3, -0.25) is 0 Å². The third-order valence-electron chi connectivity index (χ3n) is 2.17. The number of halogens is 3. The average Bonchev–Trinajstić information content (AvgIpc) is 2.22. The largest absolute Gasteiger partial charge is 0.390 e. The van der Waals surface area contributed by atoms with Crippen LogP contribution in [0.5, 0.6) is 0 Å². The molecule has 0 amide bonds. The standard InChI is InChI=1S/C10H12F3NO2/c11-5-3-6(9(13)7(12)4-5)10(16)8(15)1-2-14/h3-4,8,10,15-16H,1-2,14H2. The van der Waals surface area contributed by atoms with E-state index in [0.717, 1.165) is 0 Å². The lowest BCUT2D eigenvalue weighted by Crippen LogP contribution is -2.23. The van der Waals surface area contributed by atoms with Gasteiger partial charge in [-0.05, 0) is 19.0 Å². The average molecular weight is 235 g/mol.